The van der Waals surface area contributed by atoms with Crippen LogP contribution in [0.1, 0.15) is 35.3 Å². The van der Waals surface area contributed by atoms with Crippen molar-refractivity contribution in [3.8, 4) is 5.75 Å². The van der Waals surface area contributed by atoms with E-state index in [4.69, 9.17) is 4.74 Å². The van der Waals surface area contributed by atoms with Gasteiger partial charge in [0.1, 0.15) is 11.9 Å². The van der Waals surface area contributed by atoms with Gasteiger partial charge in [-0.3, -0.25) is 0 Å². The fourth-order valence-corrected chi connectivity index (χ4v) is 3.59. The van der Waals surface area contributed by atoms with Crippen LogP contribution in [0.5, 0.6) is 5.75 Å². The Hall–Kier alpha value is -0.840. The topological polar surface area (TPSA) is 29.5 Å². The third-order valence-corrected chi connectivity index (χ3v) is 4.72. The standard InChI is InChI=1S/C16H14Br2O2/c1-9-2-4-11(13(18)6-9)16-8-14(19)12-5-3-10(17)7-15(12)20-16/h2-7,14,16,19H,8H2,1H3/t14-,16?/m1/s1. The molecule has 0 saturated carbocycles. The van der Waals surface area contributed by atoms with E-state index in [2.05, 4.69) is 57.0 Å². The molecule has 0 saturated heterocycles. The van der Waals surface area contributed by atoms with Crippen molar-refractivity contribution in [1.82, 2.24) is 0 Å². The van der Waals surface area contributed by atoms with Crippen molar-refractivity contribution in [1.29, 1.82) is 0 Å². The van der Waals surface area contributed by atoms with E-state index in [1.807, 2.05) is 18.2 Å². The van der Waals surface area contributed by atoms with Gasteiger partial charge < -0.3 is 9.84 Å². The van der Waals surface area contributed by atoms with Crippen LogP contribution in [-0.2, 0) is 0 Å². The molecule has 2 aromatic carbocycles. The molecular formula is C16H14Br2O2. The Balaban J connectivity index is 1.98. The monoisotopic (exact) mass is 396 g/mol. The smallest absolute Gasteiger partial charge is 0.128 e. The number of hydrogen-bond donors (Lipinski definition) is 1. The van der Waals surface area contributed by atoms with Crippen LogP contribution in [0.4, 0.5) is 0 Å². The van der Waals surface area contributed by atoms with Crippen molar-refractivity contribution in [2.24, 2.45) is 0 Å². The number of benzene rings is 2. The Morgan fingerprint density at radius 1 is 1.10 bits per heavy atom. The molecule has 0 aliphatic carbocycles. The average molecular weight is 398 g/mol. The Kier molecular flexibility index (Phi) is 3.89. The van der Waals surface area contributed by atoms with Gasteiger partial charge in [-0.1, -0.05) is 50.1 Å². The second-order valence-corrected chi connectivity index (χ2v) is 6.84. The molecule has 2 nitrogen and oxygen atoms in total. The molecule has 1 aliphatic heterocycles. The van der Waals surface area contributed by atoms with Crippen LogP contribution < -0.4 is 4.74 Å². The zero-order valence-corrected chi connectivity index (χ0v) is 14.1. The fraction of sp³-hybridized carbons (Fsp3) is 0.250. The average Bonchev–Trinajstić information content (AvgIpc) is 2.37. The second kappa shape index (κ2) is 5.51. The highest BCUT2D eigenvalue weighted by Crippen LogP contribution is 2.43. The summed E-state index contributed by atoms with van der Waals surface area (Å²) in [5, 5.41) is 10.3. The van der Waals surface area contributed by atoms with E-state index >= 15 is 0 Å². The first-order valence-corrected chi connectivity index (χ1v) is 8.03. The summed E-state index contributed by atoms with van der Waals surface area (Å²) in [6, 6.07) is 11.9. The highest BCUT2D eigenvalue weighted by Gasteiger charge is 2.29. The molecule has 1 heterocycles. The predicted octanol–water partition coefficient (Wildman–Crippen LogP) is 5.08. The maximum absolute atomic E-state index is 10.3. The number of hydrogen-bond acceptors (Lipinski definition) is 2. The molecule has 1 unspecified atom stereocenters. The minimum absolute atomic E-state index is 0.137. The van der Waals surface area contributed by atoms with Gasteiger partial charge in [0.25, 0.3) is 0 Å². The molecule has 1 aliphatic rings. The third-order valence-electron chi connectivity index (χ3n) is 3.54. The first-order chi connectivity index (χ1) is 9.54. The maximum Gasteiger partial charge on any atom is 0.128 e. The zero-order valence-electron chi connectivity index (χ0n) is 10.9. The SMILES string of the molecule is Cc1ccc(C2C[C@@H](O)c3ccc(Br)cc3O2)c(Br)c1. The predicted molar refractivity (Wildman–Crippen MR) is 86.0 cm³/mol. The highest BCUT2D eigenvalue weighted by atomic mass is 79.9. The first kappa shape index (κ1) is 14.1. The van der Waals surface area contributed by atoms with E-state index in [1.54, 1.807) is 0 Å². The van der Waals surface area contributed by atoms with Gasteiger partial charge in [-0.15, -0.1) is 0 Å². The fourth-order valence-electron chi connectivity index (χ4n) is 2.50. The zero-order chi connectivity index (χ0) is 14.3. The van der Waals surface area contributed by atoms with Crippen LogP contribution in [0, 0.1) is 6.92 Å². The molecule has 2 atom stereocenters. The maximum atomic E-state index is 10.3. The van der Waals surface area contributed by atoms with Crippen LogP contribution in [0.15, 0.2) is 45.3 Å². The summed E-state index contributed by atoms with van der Waals surface area (Å²) < 4.78 is 8.04. The number of halogens is 2. The van der Waals surface area contributed by atoms with Crippen LogP contribution in [0.25, 0.3) is 0 Å². The molecule has 0 fully saturated rings. The quantitative estimate of drug-likeness (QED) is 0.727. The van der Waals surface area contributed by atoms with Crippen LogP contribution in [0.2, 0.25) is 0 Å². The van der Waals surface area contributed by atoms with Crippen molar-refractivity contribution >= 4 is 31.9 Å². The van der Waals surface area contributed by atoms with Crippen LogP contribution in [-0.4, -0.2) is 5.11 Å². The number of rotatable bonds is 1. The van der Waals surface area contributed by atoms with Gasteiger partial charge in [-0.05, 0) is 30.7 Å². The summed E-state index contributed by atoms with van der Waals surface area (Å²) in [5.74, 6) is 0.746. The Labute approximate surface area is 135 Å². The lowest BCUT2D eigenvalue weighted by atomic mass is 9.94. The summed E-state index contributed by atoms with van der Waals surface area (Å²) >= 11 is 7.03. The molecule has 20 heavy (non-hydrogen) atoms. The van der Waals surface area contributed by atoms with Gasteiger partial charge in [-0.25, -0.2) is 0 Å². The van der Waals surface area contributed by atoms with Gasteiger partial charge in [-0.2, -0.15) is 0 Å². The molecule has 0 bridgehead atoms. The molecule has 2 aromatic rings. The van der Waals surface area contributed by atoms with E-state index < -0.39 is 6.10 Å². The van der Waals surface area contributed by atoms with Gasteiger partial charge >= 0.3 is 0 Å². The third kappa shape index (κ3) is 2.65. The molecule has 1 N–H and O–H groups in total. The van der Waals surface area contributed by atoms with Crippen molar-refractivity contribution in [2.75, 3.05) is 0 Å². The largest absolute Gasteiger partial charge is 0.485 e. The van der Waals surface area contributed by atoms with Gasteiger partial charge in [0.15, 0.2) is 0 Å². The molecule has 0 aromatic heterocycles. The van der Waals surface area contributed by atoms with Crippen molar-refractivity contribution in [3.63, 3.8) is 0 Å². The molecule has 104 valence electrons. The van der Waals surface area contributed by atoms with E-state index in [0.29, 0.717) is 6.42 Å². The van der Waals surface area contributed by atoms with Crippen LogP contribution >= 0.6 is 31.9 Å². The lowest BCUT2D eigenvalue weighted by Crippen LogP contribution is -2.19. The summed E-state index contributed by atoms with van der Waals surface area (Å²) in [6.45, 7) is 2.05. The molecule has 0 radical (unpaired) electrons. The summed E-state index contributed by atoms with van der Waals surface area (Å²) in [5.41, 5.74) is 3.12. The Morgan fingerprint density at radius 2 is 1.85 bits per heavy atom. The molecule has 3 rings (SSSR count). The Bertz CT molecular complexity index is 655. The lowest BCUT2D eigenvalue weighted by molar-refractivity contribution is 0.0653. The summed E-state index contributed by atoms with van der Waals surface area (Å²) in [6.07, 6.45) is -0.0668. The van der Waals surface area contributed by atoms with E-state index in [-0.39, 0.29) is 6.10 Å². The van der Waals surface area contributed by atoms with Gasteiger partial charge in [0.05, 0.1) is 6.10 Å². The summed E-state index contributed by atoms with van der Waals surface area (Å²) in [7, 11) is 0. The molecule has 0 amide bonds. The minimum Gasteiger partial charge on any atom is -0.485 e. The summed E-state index contributed by atoms with van der Waals surface area (Å²) in [4.78, 5) is 0. The van der Waals surface area contributed by atoms with Crippen LogP contribution in [0.3, 0.4) is 0 Å². The second-order valence-electron chi connectivity index (χ2n) is 5.07. The van der Waals surface area contributed by atoms with Crippen molar-refractivity contribution < 1.29 is 9.84 Å². The normalized spacial score (nSPS) is 21.2. The highest BCUT2D eigenvalue weighted by molar-refractivity contribution is 9.10. The number of aryl methyl sites for hydroxylation is 1. The first-order valence-electron chi connectivity index (χ1n) is 6.45. The van der Waals surface area contributed by atoms with E-state index in [0.717, 1.165) is 25.8 Å². The van der Waals surface area contributed by atoms with Crippen molar-refractivity contribution in [2.45, 2.75) is 25.6 Å². The lowest BCUT2D eigenvalue weighted by Gasteiger charge is -2.30. The number of ether oxygens (including phenoxy) is 1. The molecular weight excluding hydrogens is 384 g/mol. The minimum atomic E-state index is -0.495. The van der Waals surface area contributed by atoms with Crippen molar-refractivity contribution in [3.05, 3.63) is 62.0 Å². The number of aliphatic hydroxyl groups excluding tert-OH is 1. The van der Waals surface area contributed by atoms with Gasteiger partial charge in [0.2, 0.25) is 0 Å². The van der Waals surface area contributed by atoms with E-state index in [9.17, 15) is 5.11 Å². The Morgan fingerprint density at radius 3 is 2.60 bits per heavy atom. The molecule has 4 heteroatoms. The number of fused-ring (bicyclic) bond motifs is 1. The molecule has 0 spiro atoms. The van der Waals surface area contributed by atoms with Gasteiger partial charge in [0, 0.05) is 26.5 Å². The number of aliphatic hydroxyl groups is 1. The van der Waals surface area contributed by atoms with E-state index in [1.165, 1.54) is 5.56 Å².